The van der Waals surface area contributed by atoms with Crippen molar-refractivity contribution in [2.24, 2.45) is 18.9 Å². The number of alkyl halides is 1. The van der Waals surface area contributed by atoms with Gasteiger partial charge in [0.15, 0.2) is 0 Å². The highest BCUT2D eigenvalue weighted by molar-refractivity contribution is 9.09. The molecule has 4 nitrogen and oxygen atoms in total. The van der Waals surface area contributed by atoms with Crippen LogP contribution in [-0.2, 0) is 7.05 Å². The Bertz CT molecular complexity index is 444. The first kappa shape index (κ1) is 14.6. The van der Waals surface area contributed by atoms with Crippen molar-refractivity contribution >= 4 is 21.8 Å². The highest BCUT2D eigenvalue weighted by atomic mass is 79.9. The lowest BCUT2D eigenvalue weighted by Crippen LogP contribution is -2.35. The van der Waals surface area contributed by atoms with Gasteiger partial charge in [-0.05, 0) is 31.6 Å². The van der Waals surface area contributed by atoms with Crippen LogP contribution in [0.15, 0.2) is 6.20 Å². The summed E-state index contributed by atoms with van der Waals surface area (Å²) in [5.74, 6) is 1.31. The number of halogens is 1. The third-order valence-corrected chi connectivity index (χ3v) is 5.10. The summed E-state index contributed by atoms with van der Waals surface area (Å²) in [7, 11) is 1.86. The van der Waals surface area contributed by atoms with Crippen molar-refractivity contribution in [3.05, 3.63) is 17.5 Å². The van der Waals surface area contributed by atoms with Gasteiger partial charge in [0.05, 0.1) is 11.8 Å². The van der Waals surface area contributed by atoms with Crippen LogP contribution in [0.1, 0.15) is 41.7 Å². The van der Waals surface area contributed by atoms with E-state index in [-0.39, 0.29) is 5.91 Å². The van der Waals surface area contributed by atoms with Gasteiger partial charge in [-0.25, -0.2) is 0 Å². The van der Waals surface area contributed by atoms with Crippen LogP contribution in [0, 0.1) is 18.8 Å². The second-order valence-electron chi connectivity index (χ2n) is 5.44. The number of amides is 1. The lowest BCUT2D eigenvalue weighted by Gasteiger charge is -2.30. The Balaban J connectivity index is 1.91. The number of aryl methyl sites for hydroxylation is 1. The van der Waals surface area contributed by atoms with Crippen molar-refractivity contribution in [1.82, 2.24) is 15.1 Å². The number of carbonyl (C=O) groups is 1. The summed E-state index contributed by atoms with van der Waals surface area (Å²) in [5.41, 5.74) is 1.60. The third kappa shape index (κ3) is 3.38. The number of aromatic nitrogens is 2. The normalized spacial score (nSPS) is 23.3. The number of hydrogen-bond acceptors (Lipinski definition) is 2. The molecular formula is C14H22BrN3O. The van der Waals surface area contributed by atoms with Crippen molar-refractivity contribution in [3.63, 3.8) is 0 Å². The van der Waals surface area contributed by atoms with E-state index in [9.17, 15) is 4.79 Å². The number of hydrogen-bond donors (Lipinski definition) is 1. The van der Waals surface area contributed by atoms with Crippen molar-refractivity contribution in [2.45, 2.75) is 32.6 Å². The van der Waals surface area contributed by atoms with E-state index in [1.165, 1.54) is 25.7 Å². The highest BCUT2D eigenvalue weighted by Crippen LogP contribution is 2.30. The van der Waals surface area contributed by atoms with Gasteiger partial charge in [-0.1, -0.05) is 28.8 Å². The van der Waals surface area contributed by atoms with Gasteiger partial charge in [-0.3, -0.25) is 9.48 Å². The molecule has 1 aromatic rings. The van der Waals surface area contributed by atoms with E-state index in [4.69, 9.17) is 0 Å². The Hall–Kier alpha value is -0.840. The second kappa shape index (κ2) is 6.55. The minimum atomic E-state index is 0.00416. The van der Waals surface area contributed by atoms with Crippen molar-refractivity contribution in [2.75, 3.05) is 11.9 Å². The van der Waals surface area contributed by atoms with E-state index in [1.54, 1.807) is 10.9 Å². The maximum absolute atomic E-state index is 12.1. The van der Waals surface area contributed by atoms with Gasteiger partial charge in [0.2, 0.25) is 0 Å². The molecule has 0 saturated heterocycles. The molecule has 1 fully saturated rings. The Morgan fingerprint density at radius 2 is 2.16 bits per heavy atom. The average molecular weight is 328 g/mol. The zero-order valence-corrected chi connectivity index (χ0v) is 13.2. The van der Waals surface area contributed by atoms with Gasteiger partial charge in [-0.2, -0.15) is 5.10 Å². The molecule has 2 rings (SSSR count). The maximum Gasteiger partial charge on any atom is 0.254 e. The van der Waals surface area contributed by atoms with Gasteiger partial charge in [0.25, 0.3) is 5.91 Å². The fourth-order valence-electron chi connectivity index (χ4n) is 2.80. The van der Waals surface area contributed by atoms with Crippen LogP contribution < -0.4 is 5.32 Å². The third-order valence-electron chi connectivity index (χ3n) is 4.27. The molecule has 2 unspecified atom stereocenters. The first-order valence-electron chi connectivity index (χ1n) is 6.96. The minimum absolute atomic E-state index is 0.00416. The van der Waals surface area contributed by atoms with Crippen LogP contribution in [0.4, 0.5) is 0 Å². The van der Waals surface area contributed by atoms with E-state index in [2.05, 4.69) is 26.3 Å². The Kier molecular flexibility index (Phi) is 5.02. The summed E-state index contributed by atoms with van der Waals surface area (Å²) in [6.07, 6.45) is 6.76. The molecule has 1 N–H and O–H groups in total. The molecular weight excluding hydrogens is 306 g/mol. The van der Waals surface area contributed by atoms with Gasteiger partial charge in [0.1, 0.15) is 0 Å². The molecule has 1 aliphatic carbocycles. The monoisotopic (exact) mass is 327 g/mol. The van der Waals surface area contributed by atoms with Crippen LogP contribution in [0.2, 0.25) is 0 Å². The van der Waals surface area contributed by atoms with E-state index >= 15 is 0 Å². The molecule has 0 aromatic carbocycles. The summed E-state index contributed by atoms with van der Waals surface area (Å²) >= 11 is 3.59. The first-order chi connectivity index (χ1) is 9.13. The highest BCUT2D eigenvalue weighted by Gasteiger charge is 2.25. The molecule has 0 spiro atoms. The van der Waals surface area contributed by atoms with Gasteiger partial charge < -0.3 is 5.32 Å². The molecule has 0 bridgehead atoms. The molecule has 5 heteroatoms. The molecule has 1 amide bonds. The van der Waals surface area contributed by atoms with Crippen LogP contribution in [0.25, 0.3) is 0 Å². The fourth-order valence-corrected chi connectivity index (χ4v) is 3.65. The molecule has 1 aromatic heterocycles. The predicted octanol–water partition coefficient (Wildman–Crippen LogP) is 2.66. The predicted molar refractivity (Wildman–Crippen MR) is 79.5 cm³/mol. The molecule has 1 saturated carbocycles. The Morgan fingerprint density at radius 1 is 1.47 bits per heavy atom. The molecule has 1 heterocycles. The fraction of sp³-hybridized carbons (Fsp3) is 0.714. The Morgan fingerprint density at radius 3 is 2.74 bits per heavy atom. The van der Waals surface area contributed by atoms with Crippen LogP contribution in [-0.4, -0.2) is 27.6 Å². The van der Waals surface area contributed by atoms with E-state index in [0.29, 0.717) is 17.4 Å². The van der Waals surface area contributed by atoms with E-state index in [0.717, 1.165) is 17.6 Å². The topological polar surface area (TPSA) is 46.9 Å². The molecule has 106 valence electrons. The standard InChI is InChI=1S/C14H22BrN3O/c1-10-13(9-17-18(10)2)14(19)16-8-12-6-4-3-5-11(12)7-15/h9,11-12H,3-8H2,1-2H3,(H,16,19). The SMILES string of the molecule is Cc1c(C(=O)NCC2CCCCC2CBr)cnn1C. The summed E-state index contributed by atoms with van der Waals surface area (Å²) in [4.78, 5) is 12.1. The zero-order valence-electron chi connectivity index (χ0n) is 11.7. The summed E-state index contributed by atoms with van der Waals surface area (Å²) in [6, 6.07) is 0. The van der Waals surface area contributed by atoms with Crippen molar-refractivity contribution in [1.29, 1.82) is 0 Å². The van der Waals surface area contributed by atoms with E-state index < -0.39 is 0 Å². The maximum atomic E-state index is 12.1. The largest absolute Gasteiger partial charge is 0.352 e. The summed E-state index contributed by atoms with van der Waals surface area (Å²) in [5, 5.41) is 8.23. The number of carbonyl (C=O) groups excluding carboxylic acids is 1. The first-order valence-corrected chi connectivity index (χ1v) is 8.08. The van der Waals surface area contributed by atoms with Gasteiger partial charge >= 0.3 is 0 Å². The summed E-state index contributed by atoms with van der Waals surface area (Å²) < 4.78 is 1.73. The summed E-state index contributed by atoms with van der Waals surface area (Å²) in [6.45, 7) is 2.70. The molecule has 0 radical (unpaired) electrons. The van der Waals surface area contributed by atoms with Crippen molar-refractivity contribution < 1.29 is 4.79 Å². The number of nitrogens with zero attached hydrogens (tertiary/aromatic N) is 2. The molecule has 19 heavy (non-hydrogen) atoms. The minimum Gasteiger partial charge on any atom is -0.352 e. The van der Waals surface area contributed by atoms with Crippen LogP contribution in [0.5, 0.6) is 0 Å². The van der Waals surface area contributed by atoms with Crippen LogP contribution >= 0.6 is 15.9 Å². The number of nitrogens with one attached hydrogen (secondary N) is 1. The zero-order chi connectivity index (χ0) is 13.8. The lowest BCUT2D eigenvalue weighted by molar-refractivity contribution is 0.0936. The average Bonchev–Trinajstić information content (AvgIpc) is 2.77. The van der Waals surface area contributed by atoms with Crippen LogP contribution in [0.3, 0.4) is 0 Å². The second-order valence-corrected chi connectivity index (χ2v) is 6.08. The smallest absolute Gasteiger partial charge is 0.254 e. The van der Waals surface area contributed by atoms with E-state index in [1.807, 2.05) is 14.0 Å². The molecule has 0 aliphatic heterocycles. The lowest BCUT2D eigenvalue weighted by atomic mass is 9.80. The van der Waals surface area contributed by atoms with Gasteiger partial charge in [-0.15, -0.1) is 0 Å². The molecule has 2 atom stereocenters. The van der Waals surface area contributed by atoms with Crippen molar-refractivity contribution in [3.8, 4) is 0 Å². The Labute approximate surface area is 123 Å². The van der Waals surface area contributed by atoms with Gasteiger partial charge in [0, 0.05) is 24.6 Å². The number of rotatable bonds is 4. The quantitative estimate of drug-likeness (QED) is 0.864. The molecule has 1 aliphatic rings.